The smallest absolute Gasteiger partial charge is 0.330 e. The monoisotopic (exact) mass is 270 g/mol. The Morgan fingerprint density at radius 3 is 2.89 bits per heavy atom. The van der Waals surface area contributed by atoms with Crippen LogP contribution in [0.15, 0.2) is 12.2 Å². The van der Waals surface area contributed by atoms with Gasteiger partial charge >= 0.3 is 5.97 Å². The van der Waals surface area contributed by atoms with E-state index in [9.17, 15) is 4.79 Å². The highest BCUT2D eigenvalue weighted by atomic mass is 16.7. The highest BCUT2D eigenvalue weighted by molar-refractivity contribution is 5.81. The molecule has 0 aromatic rings. The number of hydrogen-bond acceptors (Lipinski definition) is 4. The Balaban J connectivity index is 2.26. The minimum Gasteiger partial charge on any atom is -0.463 e. The zero-order chi connectivity index (χ0) is 14.3. The third-order valence-electron chi connectivity index (χ3n) is 3.13. The molecule has 0 amide bonds. The fourth-order valence-electron chi connectivity index (χ4n) is 2.11. The Morgan fingerprint density at radius 2 is 2.26 bits per heavy atom. The first-order chi connectivity index (χ1) is 8.93. The molecule has 0 bridgehead atoms. The quantitative estimate of drug-likeness (QED) is 0.549. The van der Waals surface area contributed by atoms with Crippen molar-refractivity contribution < 1.29 is 19.0 Å². The second-order valence-electron chi connectivity index (χ2n) is 5.44. The zero-order valence-corrected chi connectivity index (χ0v) is 12.5. The summed E-state index contributed by atoms with van der Waals surface area (Å²) in [5.74, 6) is -0.385. The molecule has 1 aliphatic rings. The van der Waals surface area contributed by atoms with E-state index in [1.807, 2.05) is 19.9 Å². The Labute approximate surface area is 116 Å². The molecular formula is C15H26O4. The zero-order valence-electron chi connectivity index (χ0n) is 12.5. The SMILES string of the molecule is CCOC(=O)/C=C/C(C)CC[C@H]1CCOC(C)(C)O1. The summed E-state index contributed by atoms with van der Waals surface area (Å²) in [6, 6.07) is 0. The van der Waals surface area contributed by atoms with Gasteiger partial charge in [0, 0.05) is 6.08 Å². The van der Waals surface area contributed by atoms with Gasteiger partial charge in [0.25, 0.3) is 0 Å². The molecule has 0 aromatic carbocycles. The van der Waals surface area contributed by atoms with Gasteiger partial charge in [0.15, 0.2) is 5.79 Å². The molecule has 0 spiro atoms. The summed E-state index contributed by atoms with van der Waals surface area (Å²) in [7, 11) is 0. The molecule has 1 fully saturated rings. The van der Waals surface area contributed by atoms with Gasteiger partial charge in [-0.1, -0.05) is 13.0 Å². The number of esters is 1. The van der Waals surface area contributed by atoms with Crippen molar-refractivity contribution in [1.29, 1.82) is 0 Å². The Morgan fingerprint density at radius 1 is 1.53 bits per heavy atom. The summed E-state index contributed by atoms with van der Waals surface area (Å²) in [6.07, 6.45) is 6.60. The lowest BCUT2D eigenvalue weighted by Gasteiger charge is -2.36. The first-order valence-corrected chi connectivity index (χ1v) is 7.09. The highest BCUT2D eigenvalue weighted by Crippen LogP contribution is 2.25. The van der Waals surface area contributed by atoms with Crippen LogP contribution in [0.5, 0.6) is 0 Å². The van der Waals surface area contributed by atoms with Crippen LogP contribution in [0.25, 0.3) is 0 Å². The van der Waals surface area contributed by atoms with E-state index in [2.05, 4.69) is 6.92 Å². The molecule has 2 atom stereocenters. The van der Waals surface area contributed by atoms with E-state index in [1.165, 1.54) is 6.08 Å². The Bertz CT molecular complexity index is 309. The topological polar surface area (TPSA) is 44.8 Å². The second-order valence-corrected chi connectivity index (χ2v) is 5.44. The lowest BCUT2D eigenvalue weighted by Crippen LogP contribution is -2.39. The number of carbonyl (C=O) groups is 1. The van der Waals surface area contributed by atoms with E-state index in [-0.39, 0.29) is 12.1 Å². The molecular weight excluding hydrogens is 244 g/mol. The minimum absolute atomic E-state index is 0.252. The molecule has 1 unspecified atom stereocenters. The van der Waals surface area contributed by atoms with Crippen LogP contribution in [0.3, 0.4) is 0 Å². The van der Waals surface area contributed by atoms with Crippen molar-refractivity contribution in [2.24, 2.45) is 5.92 Å². The standard InChI is InChI=1S/C15H26O4/c1-5-17-14(16)9-7-12(2)6-8-13-10-11-18-15(3,4)19-13/h7,9,12-13H,5-6,8,10-11H2,1-4H3/b9-7+/t12?,13-/m0/s1. The lowest BCUT2D eigenvalue weighted by atomic mass is 10.0. The van der Waals surface area contributed by atoms with Gasteiger partial charge in [0.1, 0.15) is 0 Å². The summed E-state index contributed by atoms with van der Waals surface area (Å²) >= 11 is 0. The van der Waals surface area contributed by atoms with Crippen molar-refractivity contribution in [1.82, 2.24) is 0 Å². The van der Waals surface area contributed by atoms with Crippen molar-refractivity contribution in [2.75, 3.05) is 13.2 Å². The van der Waals surface area contributed by atoms with E-state index >= 15 is 0 Å². The normalized spacial score (nSPS) is 24.3. The molecule has 1 saturated heterocycles. The largest absolute Gasteiger partial charge is 0.463 e. The second kappa shape index (κ2) is 7.65. The number of ether oxygens (including phenoxy) is 3. The average molecular weight is 270 g/mol. The number of rotatable bonds is 6. The molecule has 1 rings (SSSR count). The summed E-state index contributed by atoms with van der Waals surface area (Å²) in [5, 5.41) is 0. The molecule has 4 nitrogen and oxygen atoms in total. The average Bonchev–Trinajstić information content (AvgIpc) is 2.33. The molecule has 1 aliphatic heterocycles. The van der Waals surface area contributed by atoms with Crippen molar-refractivity contribution in [3.8, 4) is 0 Å². The van der Waals surface area contributed by atoms with Gasteiger partial charge in [-0.05, 0) is 46.0 Å². The van der Waals surface area contributed by atoms with Gasteiger partial charge in [-0.2, -0.15) is 0 Å². The van der Waals surface area contributed by atoms with Gasteiger partial charge in [-0.3, -0.25) is 0 Å². The lowest BCUT2D eigenvalue weighted by molar-refractivity contribution is -0.274. The Hall–Kier alpha value is -0.870. The number of allylic oxidation sites excluding steroid dienone is 1. The van der Waals surface area contributed by atoms with E-state index in [4.69, 9.17) is 14.2 Å². The summed E-state index contributed by atoms with van der Waals surface area (Å²) in [4.78, 5) is 11.2. The molecule has 0 aliphatic carbocycles. The van der Waals surface area contributed by atoms with Gasteiger partial charge < -0.3 is 14.2 Å². The van der Waals surface area contributed by atoms with E-state index < -0.39 is 5.79 Å². The molecule has 110 valence electrons. The third kappa shape index (κ3) is 6.73. The number of carbonyl (C=O) groups excluding carboxylic acids is 1. The molecule has 19 heavy (non-hydrogen) atoms. The van der Waals surface area contributed by atoms with Crippen molar-refractivity contribution >= 4 is 5.97 Å². The van der Waals surface area contributed by atoms with Crippen LogP contribution in [-0.4, -0.2) is 31.1 Å². The fourth-order valence-corrected chi connectivity index (χ4v) is 2.11. The van der Waals surface area contributed by atoms with Gasteiger partial charge in [0.05, 0.1) is 19.3 Å². The minimum atomic E-state index is -0.465. The highest BCUT2D eigenvalue weighted by Gasteiger charge is 2.29. The molecule has 0 aromatic heterocycles. The molecule has 0 radical (unpaired) electrons. The van der Waals surface area contributed by atoms with Crippen LogP contribution in [0, 0.1) is 5.92 Å². The first-order valence-electron chi connectivity index (χ1n) is 7.09. The summed E-state index contributed by atoms with van der Waals surface area (Å²) in [6.45, 7) is 8.97. The Kier molecular flexibility index (Phi) is 6.52. The van der Waals surface area contributed by atoms with Crippen LogP contribution in [0.2, 0.25) is 0 Å². The van der Waals surface area contributed by atoms with E-state index in [0.29, 0.717) is 12.5 Å². The fraction of sp³-hybridized carbons (Fsp3) is 0.800. The van der Waals surface area contributed by atoms with Crippen molar-refractivity contribution in [3.63, 3.8) is 0 Å². The maximum atomic E-state index is 11.2. The van der Waals surface area contributed by atoms with E-state index in [1.54, 1.807) is 6.92 Å². The third-order valence-corrected chi connectivity index (χ3v) is 3.13. The van der Waals surface area contributed by atoms with Crippen LogP contribution < -0.4 is 0 Å². The van der Waals surface area contributed by atoms with Crippen LogP contribution in [0.4, 0.5) is 0 Å². The molecule has 4 heteroatoms. The molecule has 1 heterocycles. The first kappa shape index (κ1) is 16.2. The van der Waals surface area contributed by atoms with E-state index in [0.717, 1.165) is 25.9 Å². The molecule has 0 N–H and O–H groups in total. The molecule has 0 saturated carbocycles. The van der Waals surface area contributed by atoms with Gasteiger partial charge in [-0.25, -0.2) is 4.79 Å². The predicted molar refractivity (Wildman–Crippen MR) is 73.7 cm³/mol. The van der Waals surface area contributed by atoms with Crippen molar-refractivity contribution in [2.45, 2.75) is 58.8 Å². The van der Waals surface area contributed by atoms with Crippen LogP contribution in [-0.2, 0) is 19.0 Å². The van der Waals surface area contributed by atoms with Crippen LogP contribution >= 0.6 is 0 Å². The van der Waals surface area contributed by atoms with Gasteiger partial charge in [0.2, 0.25) is 0 Å². The maximum absolute atomic E-state index is 11.2. The predicted octanol–water partition coefficient (Wildman–Crippen LogP) is 3.06. The summed E-state index contributed by atoms with van der Waals surface area (Å²) in [5.41, 5.74) is 0. The van der Waals surface area contributed by atoms with Crippen molar-refractivity contribution in [3.05, 3.63) is 12.2 Å². The van der Waals surface area contributed by atoms with Crippen LogP contribution in [0.1, 0.15) is 47.0 Å². The maximum Gasteiger partial charge on any atom is 0.330 e. The number of hydrogen-bond donors (Lipinski definition) is 0. The van der Waals surface area contributed by atoms with Gasteiger partial charge in [-0.15, -0.1) is 0 Å². The summed E-state index contributed by atoms with van der Waals surface area (Å²) < 4.78 is 16.2.